The Balaban J connectivity index is 1.82. The zero-order valence-corrected chi connectivity index (χ0v) is 13.6. The van der Waals surface area contributed by atoms with Crippen LogP contribution in [0.15, 0.2) is 54.6 Å². The molecule has 0 radical (unpaired) electrons. The van der Waals surface area contributed by atoms with Gasteiger partial charge in [-0.3, -0.25) is 4.79 Å². The van der Waals surface area contributed by atoms with Crippen molar-refractivity contribution >= 4 is 5.91 Å². The molecule has 0 heterocycles. The van der Waals surface area contributed by atoms with Crippen LogP contribution in [-0.2, 0) is 4.79 Å². The van der Waals surface area contributed by atoms with Gasteiger partial charge in [0.05, 0.1) is 6.04 Å². The quantitative estimate of drug-likeness (QED) is 0.903. The summed E-state index contributed by atoms with van der Waals surface area (Å²) in [5.41, 5.74) is 7.87. The van der Waals surface area contributed by atoms with Gasteiger partial charge in [-0.05, 0) is 42.5 Å². The topological polar surface area (TPSA) is 55.1 Å². The van der Waals surface area contributed by atoms with Crippen molar-refractivity contribution in [3.8, 4) is 0 Å². The molecule has 0 aliphatic heterocycles. The number of rotatable bonds is 4. The van der Waals surface area contributed by atoms with Gasteiger partial charge >= 0.3 is 0 Å². The number of halogens is 1. The lowest BCUT2D eigenvalue weighted by Gasteiger charge is -2.28. The van der Waals surface area contributed by atoms with Crippen molar-refractivity contribution in [3.63, 3.8) is 0 Å². The zero-order chi connectivity index (χ0) is 16.9. The largest absolute Gasteiger partial charge is 0.345 e. The summed E-state index contributed by atoms with van der Waals surface area (Å²) in [7, 11) is 0. The van der Waals surface area contributed by atoms with E-state index < -0.39 is 0 Å². The average Bonchev–Trinajstić information content (AvgIpc) is 2.61. The summed E-state index contributed by atoms with van der Waals surface area (Å²) < 4.78 is 13.2. The van der Waals surface area contributed by atoms with E-state index >= 15 is 0 Å². The second kappa shape index (κ2) is 7.58. The van der Waals surface area contributed by atoms with Gasteiger partial charge in [-0.15, -0.1) is 0 Å². The van der Waals surface area contributed by atoms with E-state index in [1.54, 1.807) is 12.1 Å². The fourth-order valence-electron chi connectivity index (χ4n) is 3.39. The molecule has 2 aromatic rings. The van der Waals surface area contributed by atoms with Crippen LogP contribution in [0, 0.1) is 11.7 Å². The van der Waals surface area contributed by atoms with E-state index in [1.165, 1.54) is 12.1 Å². The number of nitrogens with two attached hydrogens (primary N) is 1. The van der Waals surface area contributed by atoms with E-state index in [0.717, 1.165) is 36.8 Å². The number of benzene rings is 2. The third-order valence-corrected chi connectivity index (χ3v) is 4.71. The van der Waals surface area contributed by atoms with Gasteiger partial charge in [-0.25, -0.2) is 4.39 Å². The van der Waals surface area contributed by atoms with Crippen LogP contribution in [0.25, 0.3) is 0 Å². The van der Waals surface area contributed by atoms with Gasteiger partial charge in [-0.1, -0.05) is 48.9 Å². The number of carbonyl (C=O) groups excluding carboxylic acids is 1. The molecular weight excluding hydrogens is 303 g/mol. The van der Waals surface area contributed by atoms with E-state index in [-0.39, 0.29) is 29.7 Å². The molecule has 2 aromatic carbocycles. The lowest BCUT2D eigenvalue weighted by atomic mass is 9.85. The Bertz CT molecular complexity index is 672. The van der Waals surface area contributed by atoms with Crippen molar-refractivity contribution in [2.75, 3.05) is 0 Å². The number of nitrogens with one attached hydrogen (secondary N) is 1. The van der Waals surface area contributed by atoms with Crippen molar-refractivity contribution in [1.29, 1.82) is 0 Å². The van der Waals surface area contributed by atoms with Crippen molar-refractivity contribution in [3.05, 3.63) is 71.5 Å². The first-order valence-corrected chi connectivity index (χ1v) is 8.50. The van der Waals surface area contributed by atoms with E-state index in [0.29, 0.717) is 0 Å². The number of hydrogen-bond donors (Lipinski definition) is 2. The average molecular weight is 326 g/mol. The molecule has 126 valence electrons. The van der Waals surface area contributed by atoms with Crippen LogP contribution < -0.4 is 11.1 Å². The molecule has 3 atom stereocenters. The Morgan fingerprint density at radius 3 is 2.38 bits per heavy atom. The number of hydrogen-bond acceptors (Lipinski definition) is 2. The highest BCUT2D eigenvalue weighted by Crippen LogP contribution is 2.27. The minimum absolute atomic E-state index is 0.0309. The Morgan fingerprint density at radius 2 is 1.71 bits per heavy atom. The van der Waals surface area contributed by atoms with Gasteiger partial charge in [0.1, 0.15) is 5.82 Å². The van der Waals surface area contributed by atoms with E-state index in [1.807, 2.05) is 30.3 Å². The first-order valence-electron chi connectivity index (χ1n) is 8.50. The van der Waals surface area contributed by atoms with Crippen LogP contribution in [0.5, 0.6) is 0 Å². The lowest BCUT2D eigenvalue weighted by molar-refractivity contribution is -0.126. The monoisotopic (exact) mass is 326 g/mol. The highest BCUT2D eigenvalue weighted by Gasteiger charge is 2.27. The minimum atomic E-state index is -0.282. The first-order chi connectivity index (χ1) is 11.6. The van der Waals surface area contributed by atoms with E-state index in [9.17, 15) is 9.18 Å². The van der Waals surface area contributed by atoms with Crippen molar-refractivity contribution < 1.29 is 9.18 Å². The Hall–Kier alpha value is -2.20. The summed E-state index contributed by atoms with van der Waals surface area (Å²) >= 11 is 0. The maximum Gasteiger partial charge on any atom is 0.223 e. The second-order valence-electron chi connectivity index (χ2n) is 6.53. The maximum absolute atomic E-state index is 13.2. The molecule has 0 bridgehead atoms. The maximum atomic E-state index is 13.2. The lowest BCUT2D eigenvalue weighted by Crippen LogP contribution is -2.39. The standard InChI is InChI=1S/C20H23FN2O/c21-17-11-9-15(10-12-17)19(14-5-2-1-3-6-14)23-20(24)16-7-4-8-18(22)13-16/h1-3,5-6,9-12,16,18-19H,4,7-8,13,22H2,(H,23,24). The number of carbonyl (C=O) groups is 1. The van der Waals surface area contributed by atoms with Gasteiger partial charge in [0.2, 0.25) is 5.91 Å². The number of amides is 1. The van der Waals surface area contributed by atoms with Crippen LogP contribution in [-0.4, -0.2) is 11.9 Å². The SMILES string of the molecule is NC1CCCC(C(=O)NC(c2ccccc2)c2ccc(F)cc2)C1. The van der Waals surface area contributed by atoms with Gasteiger partial charge in [0.15, 0.2) is 0 Å². The molecule has 4 heteroatoms. The summed E-state index contributed by atoms with van der Waals surface area (Å²) in [6, 6.07) is 15.9. The van der Waals surface area contributed by atoms with Crippen LogP contribution in [0.4, 0.5) is 4.39 Å². The van der Waals surface area contributed by atoms with E-state index in [2.05, 4.69) is 5.32 Å². The smallest absolute Gasteiger partial charge is 0.223 e. The molecule has 0 saturated heterocycles. The third kappa shape index (κ3) is 4.01. The highest BCUT2D eigenvalue weighted by atomic mass is 19.1. The van der Waals surface area contributed by atoms with Gasteiger partial charge in [0, 0.05) is 12.0 Å². The molecule has 1 aliphatic carbocycles. The minimum Gasteiger partial charge on any atom is -0.345 e. The molecule has 3 unspecified atom stereocenters. The van der Waals surface area contributed by atoms with Crippen LogP contribution in [0.3, 0.4) is 0 Å². The summed E-state index contributed by atoms with van der Waals surface area (Å²) in [4.78, 5) is 12.7. The highest BCUT2D eigenvalue weighted by molar-refractivity contribution is 5.79. The molecule has 1 fully saturated rings. The molecule has 0 spiro atoms. The first kappa shape index (κ1) is 16.7. The van der Waals surface area contributed by atoms with Crippen LogP contribution in [0.2, 0.25) is 0 Å². The van der Waals surface area contributed by atoms with Crippen molar-refractivity contribution in [2.45, 2.75) is 37.8 Å². The molecular formula is C20H23FN2O. The fourth-order valence-corrected chi connectivity index (χ4v) is 3.39. The Kier molecular flexibility index (Phi) is 5.26. The van der Waals surface area contributed by atoms with Gasteiger partial charge in [-0.2, -0.15) is 0 Å². The Morgan fingerprint density at radius 1 is 1.04 bits per heavy atom. The Labute approximate surface area is 142 Å². The molecule has 0 aromatic heterocycles. The molecule has 1 aliphatic rings. The zero-order valence-electron chi connectivity index (χ0n) is 13.6. The van der Waals surface area contributed by atoms with Gasteiger partial charge in [0.25, 0.3) is 0 Å². The van der Waals surface area contributed by atoms with Crippen LogP contribution in [0.1, 0.15) is 42.9 Å². The van der Waals surface area contributed by atoms with E-state index in [4.69, 9.17) is 5.73 Å². The van der Waals surface area contributed by atoms with Crippen LogP contribution >= 0.6 is 0 Å². The molecule has 1 saturated carbocycles. The molecule has 3 rings (SSSR count). The fraction of sp³-hybridized carbons (Fsp3) is 0.350. The summed E-state index contributed by atoms with van der Waals surface area (Å²) in [5, 5.41) is 3.14. The van der Waals surface area contributed by atoms with Gasteiger partial charge < -0.3 is 11.1 Å². The predicted molar refractivity (Wildman–Crippen MR) is 92.8 cm³/mol. The molecule has 3 nitrogen and oxygen atoms in total. The summed E-state index contributed by atoms with van der Waals surface area (Å²) in [6.07, 6.45) is 3.59. The second-order valence-corrected chi connectivity index (χ2v) is 6.53. The molecule has 1 amide bonds. The third-order valence-electron chi connectivity index (χ3n) is 4.71. The molecule has 24 heavy (non-hydrogen) atoms. The molecule has 3 N–H and O–H groups in total. The summed E-state index contributed by atoms with van der Waals surface area (Å²) in [6.45, 7) is 0. The normalized spacial score (nSPS) is 21.9. The van der Waals surface area contributed by atoms with Crippen molar-refractivity contribution in [2.24, 2.45) is 11.7 Å². The predicted octanol–water partition coefficient (Wildman–Crippen LogP) is 3.55. The summed E-state index contributed by atoms with van der Waals surface area (Å²) in [5.74, 6) is -0.293. The van der Waals surface area contributed by atoms with Crippen molar-refractivity contribution in [1.82, 2.24) is 5.32 Å².